The van der Waals surface area contributed by atoms with Gasteiger partial charge in [0.05, 0.1) is 25.8 Å². The number of ether oxygens (including phenoxy) is 3. The van der Waals surface area contributed by atoms with Crippen molar-refractivity contribution in [1.29, 1.82) is 0 Å². The molecule has 2 aliphatic carbocycles. The molecule has 7 heteroatoms. The minimum Gasteiger partial charge on any atom is -0.469 e. The molecule has 0 atom stereocenters. The van der Waals surface area contributed by atoms with E-state index in [1.807, 2.05) is 12.1 Å². The summed E-state index contributed by atoms with van der Waals surface area (Å²) >= 11 is 0. The average molecular weight is 415 g/mol. The number of hydrogen-bond acceptors (Lipinski definition) is 6. The molecule has 0 aromatic heterocycles. The van der Waals surface area contributed by atoms with E-state index in [1.165, 1.54) is 14.0 Å². The van der Waals surface area contributed by atoms with E-state index in [0.717, 1.165) is 23.1 Å². The maximum Gasteiger partial charge on any atom is 0.513 e. The number of esters is 1. The Morgan fingerprint density at radius 3 is 2.30 bits per heavy atom. The van der Waals surface area contributed by atoms with Crippen molar-refractivity contribution in [2.75, 3.05) is 19.0 Å². The van der Waals surface area contributed by atoms with Crippen LogP contribution in [0, 0.1) is 5.92 Å². The van der Waals surface area contributed by atoms with Crippen molar-refractivity contribution >= 4 is 23.7 Å². The summed E-state index contributed by atoms with van der Waals surface area (Å²) in [5, 5.41) is 2.82. The Hall–Kier alpha value is -3.09. The van der Waals surface area contributed by atoms with Gasteiger partial charge in [0.25, 0.3) is 0 Å². The van der Waals surface area contributed by atoms with Gasteiger partial charge in [-0.3, -0.25) is 9.59 Å². The molecule has 0 aromatic rings. The molecule has 2 rings (SSSR count). The van der Waals surface area contributed by atoms with Crippen molar-refractivity contribution < 1.29 is 28.6 Å². The van der Waals surface area contributed by atoms with E-state index in [-0.39, 0.29) is 30.7 Å². The van der Waals surface area contributed by atoms with Gasteiger partial charge in [-0.25, -0.2) is 4.79 Å². The van der Waals surface area contributed by atoms with E-state index >= 15 is 0 Å². The van der Waals surface area contributed by atoms with E-state index in [0.29, 0.717) is 23.6 Å². The zero-order valence-electron chi connectivity index (χ0n) is 18.2. The summed E-state index contributed by atoms with van der Waals surface area (Å²) in [5.74, 6) is 0.0861. The Kier molecular flexibility index (Phi) is 8.21. The third-order valence-electron chi connectivity index (χ3n) is 4.61. The van der Waals surface area contributed by atoms with Gasteiger partial charge in [-0.1, -0.05) is 38.1 Å². The van der Waals surface area contributed by atoms with Crippen LogP contribution in [0.5, 0.6) is 5.75 Å². The van der Waals surface area contributed by atoms with Crippen LogP contribution in [-0.4, -0.2) is 31.7 Å². The third-order valence-corrected chi connectivity index (χ3v) is 4.61. The molecule has 0 radical (unpaired) electrons. The Labute approximate surface area is 177 Å². The van der Waals surface area contributed by atoms with Gasteiger partial charge in [0.15, 0.2) is 5.75 Å². The molecule has 0 heterocycles. The minimum absolute atomic E-state index is 0.127. The summed E-state index contributed by atoms with van der Waals surface area (Å²) < 4.78 is 15.2. The fourth-order valence-corrected chi connectivity index (χ4v) is 3.18. The largest absolute Gasteiger partial charge is 0.513 e. The highest BCUT2D eigenvalue weighted by atomic mass is 16.7. The summed E-state index contributed by atoms with van der Waals surface area (Å²) in [7, 11) is 1.34. The first-order valence-electron chi connectivity index (χ1n) is 10.0. The third kappa shape index (κ3) is 5.95. The normalized spacial score (nSPS) is 10.7. The van der Waals surface area contributed by atoms with Gasteiger partial charge >= 0.3 is 12.1 Å². The Morgan fingerprint density at radius 1 is 1.07 bits per heavy atom. The molecule has 1 amide bonds. The van der Waals surface area contributed by atoms with Crippen LogP contribution in [0.15, 0.2) is 24.3 Å². The van der Waals surface area contributed by atoms with Gasteiger partial charge in [-0.2, -0.15) is 0 Å². The Balaban J connectivity index is 2.64. The fourth-order valence-electron chi connectivity index (χ4n) is 3.18. The second-order valence-electron chi connectivity index (χ2n) is 7.40. The number of anilines is 1. The van der Waals surface area contributed by atoms with Gasteiger partial charge in [0.1, 0.15) is 0 Å². The quantitative estimate of drug-likeness (QED) is 0.634. The fraction of sp³-hybridized carbons (Fsp3) is 0.435. The lowest BCUT2D eigenvalue weighted by Gasteiger charge is -2.10. The monoisotopic (exact) mass is 415 g/mol. The van der Waals surface area contributed by atoms with Crippen LogP contribution in [0.1, 0.15) is 45.2 Å². The van der Waals surface area contributed by atoms with Crippen molar-refractivity contribution in [2.24, 2.45) is 5.92 Å². The molecule has 0 aromatic carbocycles. The predicted octanol–water partition coefficient (Wildman–Crippen LogP) is 4.59. The lowest BCUT2D eigenvalue weighted by atomic mass is 10.00. The van der Waals surface area contributed by atoms with Crippen LogP contribution < -0.4 is 10.1 Å². The van der Waals surface area contributed by atoms with Crippen LogP contribution in [0.25, 0.3) is 11.1 Å². The highest BCUT2D eigenvalue weighted by Crippen LogP contribution is 2.47. The van der Waals surface area contributed by atoms with Crippen LogP contribution in [0.4, 0.5) is 10.5 Å². The number of amides is 1. The number of carbonyl (C=O) groups excluding carboxylic acids is 3. The number of rotatable bonds is 8. The van der Waals surface area contributed by atoms with Crippen LogP contribution in [0.2, 0.25) is 0 Å². The van der Waals surface area contributed by atoms with Crippen molar-refractivity contribution in [2.45, 2.75) is 47.0 Å². The molecule has 2 aliphatic rings. The average Bonchev–Trinajstić information content (AvgIpc) is 2.80. The minimum atomic E-state index is -0.840. The van der Waals surface area contributed by atoms with Gasteiger partial charge < -0.3 is 19.5 Å². The maximum atomic E-state index is 12.1. The van der Waals surface area contributed by atoms with Crippen molar-refractivity contribution in [3.63, 3.8) is 0 Å². The molecule has 0 unspecified atom stereocenters. The molecule has 162 valence electrons. The summed E-state index contributed by atoms with van der Waals surface area (Å²) in [4.78, 5) is 35.6. The molecule has 0 bridgehead atoms. The summed E-state index contributed by atoms with van der Waals surface area (Å²) in [6.45, 7) is 7.50. The zero-order valence-corrected chi connectivity index (χ0v) is 18.2. The van der Waals surface area contributed by atoms with Crippen LogP contribution in [0.3, 0.4) is 0 Å². The van der Waals surface area contributed by atoms with E-state index in [2.05, 4.69) is 19.2 Å². The maximum absolute atomic E-state index is 12.1. The highest BCUT2D eigenvalue weighted by Gasteiger charge is 2.27. The first kappa shape index (κ1) is 23.2. The number of methoxy groups -OCH3 is 1. The standard InChI is InChI=1S/C23H29NO6/c1-6-29-23(27)30-22-19-12-9-16(13-20(26)28-5)8-11-17(19)18(10-7-14(2)3)21(22)24-15(4)25/h8-9,11-12,14H,6-7,10,13H2,1-5H3,(H,24,25). The SMILES string of the molecule is CCOC(=O)Oc1c2ccc(CC(=O)OC)ccc-2c(CCC(C)C)c1NC(C)=O. The summed E-state index contributed by atoms with van der Waals surface area (Å²) in [6.07, 6.45) is 0.861. The van der Waals surface area contributed by atoms with Gasteiger partial charge in [-0.15, -0.1) is 0 Å². The zero-order chi connectivity index (χ0) is 22.3. The summed E-state index contributed by atoms with van der Waals surface area (Å²) in [5.41, 5.74) is 3.62. The number of nitrogens with one attached hydrogen (secondary N) is 1. The Bertz CT molecular complexity index is 890. The van der Waals surface area contributed by atoms with Crippen molar-refractivity contribution in [3.05, 3.63) is 35.4 Å². The van der Waals surface area contributed by atoms with Crippen LogP contribution >= 0.6 is 0 Å². The molecule has 0 spiro atoms. The first-order valence-corrected chi connectivity index (χ1v) is 10.0. The van der Waals surface area contributed by atoms with Gasteiger partial charge in [-0.05, 0) is 42.4 Å². The second-order valence-corrected chi connectivity index (χ2v) is 7.40. The molecular weight excluding hydrogens is 386 g/mol. The first-order chi connectivity index (χ1) is 14.3. The molecule has 0 aliphatic heterocycles. The summed E-state index contributed by atoms with van der Waals surface area (Å²) in [6, 6.07) is 7.28. The van der Waals surface area contributed by atoms with Crippen molar-refractivity contribution in [3.8, 4) is 16.9 Å². The van der Waals surface area contributed by atoms with E-state index in [1.54, 1.807) is 19.1 Å². The van der Waals surface area contributed by atoms with E-state index < -0.39 is 6.16 Å². The smallest absolute Gasteiger partial charge is 0.469 e. The lowest BCUT2D eigenvalue weighted by Crippen LogP contribution is -2.13. The molecular formula is C23H29NO6. The topological polar surface area (TPSA) is 90.9 Å². The van der Waals surface area contributed by atoms with Crippen LogP contribution in [-0.2, 0) is 31.9 Å². The van der Waals surface area contributed by atoms with E-state index in [9.17, 15) is 14.4 Å². The number of fused-ring (bicyclic) bond motifs is 1. The van der Waals surface area contributed by atoms with Gasteiger partial charge in [0.2, 0.25) is 5.91 Å². The van der Waals surface area contributed by atoms with Gasteiger partial charge in [0, 0.05) is 12.5 Å². The second kappa shape index (κ2) is 10.6. The number of hydrogen-bond donors (Lipinski definition) is 1. The molecule has 0 saturated heterocycles. The Morgan fingerprint density at radius 2 is 1.73 bits per heavy atom. The molecule has 7 nitrogen and oxygen atoms in total. The van der Waals surface area contributed by atoms with E-state index in [4.69, 9.17) is 14.2 Å². The molecule has 0 saturated carbocycles. The number of carbonyl (C=O) groups is 3. The molecule has 0 fully saturated rings. The predicted molar refractivity (Wildman–Crippen MR) is 114 cm³/mol. The molecule has 1 N–H and O–H groups in total. The molecule has 30 heavy (non-hydrogen) atoms. The van der Waals surface area contributed by atoms with Crippen molar-refractivity contribution in [1.82, 2.24) is 0 Å². The lowest BCUT2D eigenvalue weighted by molar-refractivity contribution is -0.139. The highest BCUT2D eigenvalue weighted by molar-refractivity contribution is 5.99.